The first-order valence-electron chi connectivity index (χ1n) is 7.49. The fourth-order valence-electron chi connectivity index (χ4n) is 2.84. The van der Waals surface area contributed by atoms with Crippen LogP contribution in [0.4, 0.5) is 0 Å². The van der Waals surface area contributed by atoms with Crippen molar-refractivity contribution >= 4 is 5.97 Å². The number of carboxylic acids is 1. The summed E-state index contributed by atoms with van der Waals surface area (Å²) in [6.45, 7) is 6.21. The highest BCUT2D eigenvalue weighted by Gasteiger charge is 2.24. The van der Waals surface area contributed by atoms with Crippen LogP contribution in [0.15, 0.2) is 0 Å². The zero-order valence-corrected chi connectivity index (χ0v) is 12.3. The maximum Gasteiger partial charge on any atom is 0.305 e. The molecule has 0 aliphatic carbocycles. The minimum absolute atomic E-state index is 0.0997. The average molecular weight is 286 g/mol. The van der Waals surface area contributed by atoms with Gasteiger partial charge in [0.05, 0.1) is 31.8 Å². The van der Waals surface area contributed by atoms with Crippen LogP contribution in [0.5, 0.6) is 0 Å². The molecule has 2 heterocycles. The lowest BCUT2D eigenvalue weighted by molar-refractivity contribution is -0.139. The quantitative estimate of drug-likeness (QED) is 0.756. The van der Waals surface area contributed by atoms with Gasteiger partial charge < -0.3 is 24.4 Å². The molecule has 20 heavy (non-hydrogen) atoms. The van der Waals surface area contributed by atoms with Gasteiger partial charge in [0.25, 0.3) is 0 Å². The summed E-state index contributed by atoms with van der Waals surface area (Å²) in [5.74, 6) is -0.791. The molecule has 1 unspecified atom stereocenters. The lowest BCUT2D eigenvalue weighted by Gasteiger charge is -2.37. The normalized spacial score (nSPS) is 26.8. The number of hydrogen-bond acceptors (Lipinski definition) is 5. The summed E-state index contributed by atoms with van der Waals surface area (Å²) >= 11 is 0. The van der Waals surface area contributed by atoms with Crippen LogP contribution < -0.4 is 0 Å². The van der Waals surface area contributed by atoms with E-state index >= 15 is 0 Å². The van der Waals surface area contributed by atoms with Crippen LogP contribution in [-0.4, -0.2) is 86.1 Å². The molecule has 0 aromatic heterocycles. The number of ether oxygens (including phenoxy) is 2. The van der Waals surface area contributed by atoms with Crippen molar-refractivity contribution in [2.45, 2.75) is 31.5 Å². The highest BCUT2D eigenvalue weighted by atomic mass is 16.5. The van der Waals surface area contributed by atoms with Gasteiger partial charge in [0.15, 0.2) is 0 Å². The van der Waals surface area contributed by atoms with E-state index in [4.69, 9.17) is 14.6 Å². The van der Waals surface area contributed by atoms with Gasteiger partial charge in [-0.15, -0.1) is 0 Å². The Morgan fingerprint density at radius 1 is 1.35 bits per heavy atom. The zero-order valence-electron chi connectivity index (χ0n) is 12.3. The minimum Gasteiger partial charge on any atom is -0.481 e. The summed E-state index contributed by atoms with van der Waals surface area (Å²) in [7, 11) is 2.14. The second-order valence-electron chi connectivity index (χ2n) is 5.77. The number of likely N-dealkylation sites (tertiary alicyclic amines) is 1. The first-order valence-corrected chi connectivity index (χ1v) is 7.49. The molecule has 2 saturated heterocycles. The van der Waals surface area contributed by atoms with Crippen molar-refractivity contribution in [2.75, 3.05) is 53.0 Å². The Hall–Kier alpha value is -0.690. The van der Waals surface area contributed by atoms with Gasteiger partial charge in [-0.25, -0.2) is 0 Å². The van der Waals surface area contributed by atoms with Crippen LogP contribution in [0.25, 0.3) is 0 Å². The molecule has 0 radical (unpaired) electrons. The van der Waals surface area contributed by atoms with Crippen LogP contribution in [0.3, 0.4) is 0 Å². The molecule has 0 spiro atoms. The van der Waals surface area contributed by atoms with Gasteiger partial charge in [-0.1, -0.05) is 0 Å². The lowest BCUT2D eigenvalue weighted by Crippen LogP contribution is -2.48. The number of rotatable bonds is 6. The second-order valence-corrected chi connectivity index (χ2v) is 5.77. The molecule has 0 bridgehead atoms. The topological polar surface area (TPSA) is 62.2 Å². The Labute approximate surface area is 120 Å². The molecule has 1 N–H and O–H groups in total. The highest BCUT2D eigenvalue weighted by molar-refractivity contribution is 5.66. The van der Waals surface area contributed by atoms with Crippen molar-refractivity contribution < 1.29 is 19.4 Å². The fourth-order valence-corrected chi connectivity index (χ4v) is 2.84. The molecule has 6 nitrogen and oxygen atoms in total. The molecule has 0 saturated carbocycles. The van der Waals surface area contributed by atoms with Crippen molar-refractivity contribution in [1.82, 2.24) is 9.80 Å². The van der Waals surface area contributed by atoms with E-state index in [-0.39, 0.29) is 12.5 Å². The van der Waals surface area contributed by atoms with E-state index in [1.54, 1.807) is 0 Å². The third-order valence-corrected chi connectivity index (χ3v) is 4.01. The average Bonchev–Trinajstić information content (AvgIpc) is 2.40. The van der Waals surface area contributed by atoms with E-state index in [9.17, 15) is 4.79 Å². The SMILES string of the molecule is CN1CCOC(CN2CCC(OCCC(=O)O)CC2)C1. The third kappa shape index (κ3) is 5.36. The van der Waals surface area contributed by atoms with Gasteiger partial charge in [0.1, 0.15) is 0 Å². The molecule has 2 fully saturated rings. The summed E-state index contributed by atoms with van der Waals surface area (Å²) in [6, 6.07) is 0. The Kier molecular flexibility index (Phi) is 6.22. The van der Waals surface area contributed by atoms with Crippen LogP contribution in [-0.2, 0) is 14.3 Å². The van der Waals surface area contributed by atoms with E-state index in [1.807, 2.05) is 0 Å². The summed E-state index contributed by atoms with van der Waals surface area (Å²) in [6.07, 6.45) is 2.62. The summed E-state index contributed by atoms with van der Waals surface area (Å²) in [4.78, 5) is 15.2. The number of carboxylic acid groups (broad SMARTS) is 1. The van der Waals surface area contributed by atoms with Crippen molar-refractivity contribution in [2.24, 2.45) is 0 Å². The van der Waals surface area contributed by atoms with Crippen LogP contribution in [0, 0.1) is 0 Å². The molecule has 1 atom stereocenters. The lowest BCUT2D eigenvalue weighted by atomic mass is 10.1. The van der Waals surface area contributed by atoms with Crippen molar-refractivity contribution in [3.8, 4) is 0 Å². The number of aliphatic carboxylic acids is 1. The molecule has 0 aromatic carbocycles. The Bertz CT molecular complexity index is 306. The standard InChI is InChI=1S/C14H26N2O4/c1-15-7-9-20-13(10-15)11-16-5-2-12(3-6-16)19-8-4-14(17)18/h12-13H,2-11H2,1H3,(H,17,18). The van der Waals surface area contributed by atoms with Crippen molar-refractivity contribution in [1.29, 1.82) is 0 Å². The van der Waals surface area contributed by atoms with E-state index in [1.165, 1.54) is 0 Å². The van der Waals surface area contributed by atoms with E-state index in [0.29, 0.717) is 12.7 Å². The first kappa shape index (κ1) is 15.7. The van der Waals surface area contributed by atoms with Gasteiger partial charge in [0, 0.05) is 32.7 Å². The van der Waals surface area contributed by atoms with E-state index < -0.39 is 5.97 Å². The Balaban J connectivity index is 1.60. The maximum absolute atomic E-state index is 10.4. The molecule has 2 aliphatic rings. The molecule has 0 amide bonds. The van der Waals surface area contributed by atoms with Crippen molar-refractivity contribution in [3.63, 3.8) is 0 Å². The molecular formula is C14H26N2O4. The first-order chi connectivity index (χ1) is 9.63. The summed E-state index contributed by atoms with van der Waals surface area (Å²) < 4.78 is 11.4. The van der Waals surface area contributed by atoms with E-state index in [0.717, 1.165) is 52.2 Å². The molecule has 116 valence electrons. The fraction of sp³-hybridized carbons (Fsp3) is 0.929. The Morgan fingerprint density at radius 3 is 2.75 bits per heavy atom. The van der Waals surface area contributed by atoms with Crippen LogP contribution in [0.2, 0.25) is 0 Å². The maximum atomic E-state index is 10.4. The number of carbonyl (C=O) groups is 1. The third-order valence-electron chi connectivity index (χ3n) is 4.01. The molecule has 2 rings (SSSR count). The van der Waals surface area contributed by atoms with Gasteiger partial charge in [0.2, 0.25) is 0 Å². The summed E-state index contributed by atoms with van der Waals surface area (Å²) in [5.41, 5.74) is 0. The number of piperidine rings is 1. The molecular weight excluding hydrogens is 260 g/mol. The van der Waals surface area contributed by atoms with Crippen molar-refractivity contribution in [3.05, 3.63) is 0 Å². The monoisotopic (exact) mass is 286 g/mol. The van der Waals surface area contributed by atoms with Gasteiger partial charge in [-0.2, -0.15) is 0 Å². The summed E-state index contributed by atoms with van der Waals surface area (Å²) in [5, 5.41) is 8.58. The van der Waals surface area contributed by atoms with Gasteiger partial charge >= 0.3 is 5.97 Å². The molecule has 0 aromatic rings. The number of likely N-dealkylation sites (N-methyl/N-ethyl adjacent to an activating group) is 1. The second kappa shape index (κ2) is 7.93. The van der Waals surface area contributed by atoms with E-state index in [2.05, 4.69) is 16.8 Å². The van der Waals surface area contributed by atoms with Gasteiger partial charge in [-0.05, 0) is 19.9 Å². The number of hydrogen-bond donors (Lipinski definition) is 1. The predicted molar refractivity (Wildman–Crippen MR) is 74.9 cm³/mol. The molecule has 6 heteroatoms. The van der Waals surface area contributed by atoms with Gasteiger partial charge in [-0.3, -0.25) is 4.79 Å². The number of nitrogens with zero attached hydrogens (tertiary/aromatic N) is 2. The number of morpholine rings is 1. The zero-order chi connectivity index (χ0) is 14.4. The molecule has 2 aliphatic heterocycles. The minimum atomic E-state index is -0.791. The van der Waals surface area contributed by atoms with Crippen LogP contribution in [0.1, 0.15) is 19.3 Å². The highest BCUT2D eigenvalue weighted by Crippen LogP contribution is 2.15. The smallest absolute Gasteiger partial charge is 0.305 e. The largest absolute Gasteiger partial charge is 0.481 e. The van der Waals surface area contributed by atoms with Crippen LogP contribution >= 0.6 is 0 Å². The Morgan fingerprint density at radius 2 is 2.10 bits per heavy atom. The predicted octanol–water partition coefficient (Wildman–Crippen LogP) is 0.273.